The number of aliphatic carboxylic acids is 1. The van der Waals surface area contributed by atoms with E-state index in [1.54, 1.807) is 6.07 Å². The fourth-order valence-corrected chi connectivity index (χ4v) is 2.99. The smallest absolute Gasteiger partial charge is 0.327 e. The number of hydrogen-bond donors (Lipinski definition) is 2. The van der Waals surface area contributed by atoms with Gasteiger partial charge in [-0.15, -0.1) is 0 Å². The number of nitrogens with one attached hydrogen (secondary N) is 1. The molecule has 8 heteroatoms. The van der Waals surface area contributed by atoms with Gasteiger partial charge in [-0.05, 0) is 18.2 Å². The number of amides is 2. The maximum atomic E-state index is 13.0. The van der Waals surface area contributed by atoms with Crippen molar-refractivity contribution < 1.29 is 19.1 Å². The third-order valence-electron chi connectivity index (χ3n) is 3.02. The third-order valence-corrected chi connectivity index (χ3v) is 4.04. The maximum absolute atomic E-state index is 13.0. The molecule has 0 radical (unpaired) electrons. The van der Waals surface area contributed by atoms with E-state index < -0.39 is 23.9 Å². The van der Waals surface area contributed by atoms with Crippen molar-refractivity contribution in [3.8, 4) is 6.07 Å². The number of carboxylic acids is 1. The van der Waals surface area contributed by atoms with E-state index in [2.05, 4.69) is 5.32 Å². The van der Waals surface area contributed by atoms with E-state index in [1.807, 2.05) is 0 Å². The van der Waals surface area contributed by atoms with Crippen LogP contribution in [0.3, 0.4) is 0 Å². The second-order valence-corrected chi connectivity index (χ2v) is 5.50. The standard InChI is InChI=1S/C13H12FN3O3S/c14-9-1-2-10(8(5-9)6-15)16-13(20)17-3-4-21-7-11(17)12(18)19/h1-2,5,11H,3-4,7H2,(H,16,20)(H,18,19). The monoisotopic (exact) mass is 309 g/mol. The van der Waals surface area contributed by atoms with E-state index in [0.29, 0.717) is 18.1 Å². The van der Waals surface area contributed by atoms with Crippen LogP contribution in [0.25, 0.3) is 0 Å². The fourth-order valence-electron chi connectivity index (χ4n) is 1.96. The van der Waals surface area contributed by atoms with Gasteiger partial charge >= 0.3 is 12.0 Å². The zero-order valence-corrected chi connectivity index (χ0v) is 11.7. The van der Waals surface area contributed by atoms with E-state index in [-0.39, 0.29) is 11.3 Å². The lowest BCUT2D eigenvalue weighted by Gasteiger charge is -2.32. The molecule has 1 aromatic carbocycles. The second kappa shape index (κ2) is 6.45. The minimum Gasteiger partial charge on any atom is -0.480 e. The molecule has 1 aliphatic rings. The van der Waals surface area contributed by atoms with Crippen molar-refractivity contribution in [3.05, 3.63) is 29.6 Å². The first-order valence-electron chi connectivity index (χ1n) is 6.10. The van der Waals surface area contributed by atoms with Gasteiger partial charge in [0, 0.05) is 18.1 Å². The number of nitrogens with zero attached hydrogens (tertiary/aromatic N) is 2. The molecule has 2 N–H and O–H groups in total. The number of nitriles is 1. The first-order valence-corrected chi connectivity index (χ1v) is 7.26. The number of rotatable bonds is 2. The van der Waals surface area contributed by atoms with Crippen LogP contribution in [0, 0.1) is 17.1 Å². The van der Waals surface area contributed by atoms with Gasteiger partial charge in [-0.2, -0.15) is 17.0 Å². The van der Waals surface area contributed by atoms with Crippen molar-refractivity contribution in [2.45, 2.75) is 6.04 Å². The molecule has 0 aliphatic carbocycles. The van der Waals surface area contributed by atoms with Crippen molar-refractivity contribution in [3.63, 3.8) is 0 Å². The van der Waals surface area contributed by atoms with Gasteiger partial charge in [0.05, 0.1) is 11.3 Å². The first-order chi connectivity index (χ1) is 10.0. The lowest BCUT2D eigenvalue weighted by atomic mass is 10.2. The summed E-state index contributed by atoms with van der Waals surface area (Å²) in [6, 6.07) is 3.68. The molecule has 110 valence electrons. The zero-order valence-electron chi connectivity index (χ0n) is 10.9. The molecule has 21 heavy (non-hydrogen) atoms. The Balaban J connectivity index is 2.17. The summed E-state index contributed by atoms with van der Waals surface area (Å²) in [6.07, 6.45) is 0. The minimum atomic E-state index is -1.07. The zero-order chi connectivity index (χ0) is 15.4. The van der Waals surface area contributed by atoms with Crippen molar-refractivity contribution >= 4 is 29.4 Å². The maximum Gasteiger partial charge on any atom is 0.327 e. The number of benzene rings is 1. The molecule has 0 saturated carbocycles. The molecule has 1 fully saturated rings. The van der Waals surface area contributed by atoms with Gasteiger partial charge in [0.2, 0.25) is 0 Å². The number of hydrogen-bond acceptors (Lipinski definition) is 4. The highest BCUT2D eigenvalue weighted by Crippen LogP contribution is 2.20. The van der Waals surface area contributed by atoms with Crippen LogP contribution in [0.4, 0.5) is 14.9 Å². The van der Waals surface area contributed by atoms with Gasteiger partial charge in [-0.3, -0.25) is 0 Å². The largest absolute Gasteiger partial charge is 0.480 e. The second-order valence-electron chi connectivity index (χ2n) is 4.35. The lowest BCUT2D eigenvalue weighted by Crippen LogP contribution is -2.51. The van der Waals surface area contributed by atoms with E-state index in [1.165, 1.54) is 22.7 Å². The van der Waals surface area contributed by atoms with Crippen molar-refractivity contribution in [2.24, 2.45) is 0 Å². The van der Waals surface area contributed by atoms with E-state index >= 15 is 0 Å². The van der Waals surface area contributed by atoms with Gasteiger partial charge in [-0.1, -0.05) is 0 Å². The Morgan fingerprint density at radius 1 is 1.52 bits per heavy atom. The summed E-state index contributed by atoms with van der Waals surface area (Å²) in [6.45, 7) is 0.302. The van der Waals surface area contributed by atoms with Crippen LogP contribution in [0.5, 0.6) is 0 Å². The number of anilines is 1. The van der Waals surface area contributed by atoms with Crippen LogP contribution in [-0.2, 0) is 4.79 Å². The molecule has 2 rings (SSSR count). The lowest BCUT2D eigenvalue weighted by molar-refractivity contribution is -0.141. The Hall–Kier alpha value is -2.27. The SMILES string of the molecule is N#Cc1cc(F)ccc1NC(=O)N1CCSCC1C(=O)O. The average molecular weight is 309 g/mol. The normalized spacial score (nSPS) is 17.9. The Labute approximate surface area is 124 Å². The van der Waals surface area contributed by atoms with E-state index in [4.69, 9.17) is 10.4 Å². The van der Waals surface area contributed by atoms with Crippen molar-refractivity contribution in [1.29, 1.82) is 5.26 Å². The van der Waals surface area contributed by atoms with Gasteiger partial charge in [0.25, 0.3) is 0 Å². The number of thioether (sulfide) groups is 1. The number of carbonyl (C=O) groups excluding carboxylic acids is 1. The predicted molar refractivity (Wildman–Crippen MR) is 75.6 cm³/mol. The number of urea groups is 1. The Kier molecular flexibility index (Phi) is 4.65. The average Bonchev–Trinajstić information content (AvgIpc) is 2.48. The van der Waals surface area contributed by atoms with Crippen LogP contribution < -0.4 is 5.32 Å². The summed E-state index contributed by atoms with van der Waals surface area (Å²) in [5, 5.41) is 20.5. The van der Waals surface area contributed by atoms with Crippen LogP contribution in [0.15, 0.2) is 18.2 Å². The molecule has 6 nitrogen and oxygen atoms in total. The predicted octanol–water partition coefficient (Wildman–Crippen LogP) is 1.73. The Bertz CT molecular complexity index is 617. The molecular weight excluding hydrogens is 297 g/mol. The molecule has 1 aliphatic heterocycles. The highest BCUT2D eigenvalue weighted by atomic mass is 32.2. The Morgan fingerprint density at radius 2 is 2.29 bits per heavy atom. The minimum absolute atomic E-state index is 0.0124. The van der Waals surface area contributed by atoms with Gasteiger partial charge in [0.1, 0.15) is 17.9 Å². The number of carbonyl (C=O) groups is 2. The Morgan fingerprint density at radius 3 is 2.95 bits per heavy atom. The van der Waals surface area contributed by atoms with Crippen molar-refractivity contribution in [2.75, 3.05) is 23.4 Å². The molecule has 1 heterocycles. The summed E-state index contributed by atoms with van der Waals surface area (Å²) in [5.41, 5.74) is 0.146. The molecule has 0 bridgehead atoms. The molecule has 0 aromatic heterocycles. The van der Waals surface area contributed by atoms with Crippen molar-refractivity contribution in [1.82, 2.24) is 4.90 Å². The van der Waals surface area contributed by atoms with E-state index in [9.17, 15) is 14.0 Å². The van der Waals surface area contributed by atoms with E-state index in [0.717, 1.165) is 12.1 Å². The van der Waals surface area contributed by atoms with Crippen LogP contribution >= 0.6 is 11.8 Å². The third kappa shape index (κ3) is 3.44. The van der Waals surface area contributed by atoms with Crippen LogP contribution in [0.2, 0.25) is 0 Å². The molecule has 2 amide bonds. The highest BCUT2D eigenvalue weighted by molar-refractivity contribution is 7.99. The molecule has 0 spiro atoms. The van der Waals surface area contributed by atoms with Crippen LogP contribution in [-0.4, -0.2) is 46.1 Å². The van der Waals surface area contributed by atoms with Crippen LogP contribution in [0.1, 0.15) is 5.56 Å². The summed E-state index contributed by atoms with van der Waals surface area (Å²) in [7, 11) is 0. The van der Waals surface area contributed by atoms with Gasteiger partial charge in [-0.25, -0.2) is 14.0 Å². The first kappa shape index (κ1) is 15.1. The number of halogens is 1. The summed E-state index contributed by atoms with van der Waals surface area (Å²) >= 11 is 1.46. The number of carboxylic acid groups (broad SMARTS) is 1. The highest BCUT2D eigenvalue weighted by Gasteiger charge is 2.32. The summed E-state index contributed by atoms with van der Waals surface area (Å²) in [5.74, 6) is -0.692. The summed E-state index contributed by atoms with van der Waals surface area (Å²) in [4.78, 5) is 24.5. The molecule has 1 unspecified atom stereocenters. The molecule has 1 saturated heterocycles. The fraction of sp³-hybridized carbons (Fsp3) is 0.308. The quantitative estimate of drug-likeness (QED) is 0.868. The molecule has 1 aromatic rings. The topological polar surface area (TPSA) is 93.4 Å². The van der Waals surface area contributed by atoms with Gasteiger partial charge in [0.15, 0.2) is 0 Å². The summed E-state index contributed by atoms with van der Waals surface area (Å²) < 4.78 is 13.0. The van der Waals surface area contributed by atoms with Gasteiger partial charge < -0.3 is 15.3 Å². The molecular formula is C13H12FN3O3S. The molecule has 1 atom stereocenters.